The molecule has 18 heavy (non-hydrogen) atoms. The van der Waals surface area contributed by atoms with Crippen LogP contribution in [-0.2, 0) is 4.79 Å². The van der Waals surface area contributed by atoms with E-state index in [4.69, 9.17) is 4.74 Å². The molecule has 0 bridgehead atoms. The Hall–Kier alpha value is -1.51. The molecule has 0 aliphatic rings. The van der Waals surface area contributed by atoms with E-state index in [0.717, 1.165) is 23.3 Å². The molecule has 1 amide bonds. The summed E-state index contributed by atoms with van der Waals surface area (Å²) < 4.78 is 5.52. The molecule has 0 saturated carbocycles. The Kier molecular flexibility index (Phi) is 5.69. The van der Waals surface area contributed by atoms with Crippen molar-refractivity contribution in [2.24, 2.45) is 5.92 Å². The smallest absolute Gasteiger partial charge is 0.257 e. The van der Waals surface area contributed by atoms with Gasteiger partial charge in [0.2, 0.25) is 0 Å². The number of carbonyl (C=O) groups is 1. The van der Waals surface area contributed by atoms with Gasteiger partial charge in [-0.05, 0) is 43.4 Å². The van der Waals surface area contributed by atoms with E-state index in [2.05, 4.69) is 19.2 Å². The number of aryl methyl sites for hydroxylation is 2. The normalized spacial score (nSPS) is 10.5. The fourth-order valence-electron chi connectivity index (χ4n) is 1.56. The summed E-state index contributed by atoms with van der Waals surface area (Å²) in [4.78, 5) is 11.6. The van der Waals surface area contributed by atoms with Gasteiger partial charge in [0.1, 0.15) is 5.75 Å². The minimum absolute atomic E-state index is 0.0587. The zero-order valence-electron chi connectivity index (χ0n) is 11.7. The average molecular weight is 249 g/mol. The van der Waals surface area contributed by atoms with E-state index in [1.54, 1.807) is 0 Å². The van der Waals surface area contributed by atoms with Crippen molar-refractivity contribution in [3.05, 3.63) is 29.3 Å². The maximum Gasteiger partial charge on any atom is 0.257 e. The summed E-state index contributed by atoms with van der Waals surface area (Å²) >= 11 is 0. The summed E-state index contributed by atoms with van der Waals surface area (Å²) in [6, 6.07) is 5.99. The third-order valence-electron chi connectivity index (χ3n) is 2.75. The molecular formula is C15H23NO2. The Balaban J connectivity index is 2.36. The average Bonchev–Trinajstić information content (AvgIpc) is 2.30. The molecule has 0 fully saturated rings. The van der Waals surface area contributed by atoms with Crippen LogP contribution in [0.25, 0.3) is 0 Å². The first-order chi connectivity index (χ1) is 8.49. The second kappa shape index (κ2) is 7.04. The molecule has 1 rings (SSSR count). The fourth-order valence-corrected chi connectivity index (χ4v) is 1.56. The number of benzene rings is 1. The van der Waals surface area contributed by atoms with Gasteiger partial charge in [0, 0.05) is 6.54 Å². The number of carbonyl (C=O) groups excluding carboxylic acids is 1. The number of hydrogen-bond donors (Lipinski definition) is 1. The minimum atomic E-state index is -0.0587. The topological polar surface area (TPSA) is 38.3 Å². The van der Waals surface area contributed by atoms with Crippen LogP contribution >= 0.6 is 0 Å². The van der Waals surface area contributed by atoms with Gasteiger partial charge >= 0.3 is 0 Å². The van der Waals surface area contributed by atoms with Crippen LogP contribution in [0.5, 0.6) is 5.75 Å². The van der Waals surface area contributed by atoms with Crippen molar-refractivity contribution in [2.75, 3.05) is 13.2 Å². The molecule has 3 heteroatoms. The molecule has 0 aromatic heterocycles. The van der Waals surface area contributed by atoms with Crippen LogP contribution < -0.4 is 10.1 Å². The lowest BCUT2D eigenvalue weighted by Crippen LogP contribution is -2.30. The van der Waals surface area contributed by atoms with Crippen molar-refractivity contribution in [3.8, 4) is 5.75 Å². The van der Waals surface area contributed by atoms with E-state index in [-0.39, 0.29) is 12.5 Å². The second-order valence-electron chi connectivity index (χ2n) is 5.09. The molecule has 0 aliphatic carbocycles. The van der Waals surface area contributed by atoms with E-state index < -0.39 is 0 Å². The van der Waals surface area contributed by atoms with Crippen molar-refractivity contribution in [2.45, 2.75) is 34.1 Å². The van der Waals surface area contributed by atoms with E-state index in [1.807, 2.05) is 32.0 Å². The summed E-state index contributed by atoms with van der Waals surface area (Å²) in [5.74, 6) is 1.33. The molecule has 1 aromatic carbocycles. The Morgan fingerprint density at radius 3 is 2.72 bits per heavy atom. The van der Waals surface area contributed by atoms with E-state index in [0.29, 0.717) is 12.5 Å². The molecule has 0 heterocycles. The van der Waals surface area contributed by atoms with E-state index in [9.17, 15) is 4.79 Å². The Morgan fingerprint density at radius 1 is 1.33 bits per heavy atom. The zero-order valence-corrected chi connectivity index (χ0v) is 11.7. The van der Waals surface area contributed by atoms with Crippen molar-refractivity contribution < 1.29 is 9.53 Å². The van der Waals surface area contributed by atoms with Crippen LogP contribution in [0.2, 0.25) is 0 Å². The predicted octanol–water partition coefficient (Wildman–Crippen LogP) is 2.84. The Morgan fingerprint density at radius 2 is 2.06 bits per heavy atom. The highest BCUT2D eigenvalue weighted by Crippen LogP contribution is 2.18. The number of nitrogens with one attached hydrogen (secondary N) is 1. The minimum Gasteiger partial charge on any atom is -0.483 e. The summed E-state index contributed by atoms with van der Waals surface area (Å²) in [6.45, 7) is 9.06. The molecule has 1 N–H and O–H groups in total. The molecule has 1 aromatic rings. The van der Waals surface area contributed by atoms with Crippen molar-refractivity contribution in [1.82, 2.24) is 5.32 Å². The first kappa shape index (κ1) is 14.6. The zero-order chi connectivity index (χ0) is 13.5. The Bertz CT molecular complexity index is 399. The molecule has 0 radical (unpaired) electrons. The van der Waals surface area contributed by atoms with Gasteiger partial charge in [0.05, 0.1) is 0 Å². The molecular weight excluding hydrogens is 226 g/mol. The first-order valence-corrected chi connectivity index (χ1v) is 6.46. The molecule has 0 aliphatic heterocycles. The van der Waals surface area contributed by atoms with Gasteiger partial charge < -0.3 is 10.1 Å². The molecule has 0 unspecified atom stereocenters. The monoisotopic (exact) mass is 249 g/mol. The summed E-state index contributed by atoms with van der Waals surface area (Å²) in [5.41, 5.74) is 2.19. The van der Waals surface area contributed by atoms with Crippen LogP contribution in [0.3, 0.4) is 0 Å². The number of ether oxygens (including phenoxy) is 1. The molecule has 0 saturated heterocycles. The van der Waals surface area contributed by atoms with Gasteiger partial charge in [-0.25, -0.2) is 0 Å². The number of amides is 1. The van der Waals surface area contributed by atoms with Crippen LogP contribution in [0.15, 0.2) is 18.2 Å². The summed E-state index contributed by atoms with van der Waals surface area (Å²) in [6.07, 6.45) is 0.995. The second-order valence-corrected chi connectivity index (χ2v) is 5.09. The number of rotatable bonds is 6. The number of hydrogen-bond acceptors (Lipinski definition) is 2. The van der Waals surface area contributed by atoms with E-state index in [1.165, 1.54) is 0 Å². The SMILES string of the molecule is Cc1ccc(C)c(OCC(=O)NCCC(C)C)c1. The van der Waals surface area contributed by atoms with E-state index >= 15 is 0 Å². The lowest BCUT2D eigenvalue weighted by molar-refractivity contribution is -0.123. The van der Waals surface area contributed by atoms with Gasteiger partial charge in [-0.2, -0.15) is 0 Å². The fraction of sp³-hybridized carbons (Fsp3) is 0.533. The maximum absolute atomic E-state index is 11.6. The molecule has 0 spiro atoms. The lowest BCUT2D eigenvalue weighted by atomic mass is 10.1. The maximum atomic E-state index is 11.6. The summed E-state index contributed by atoms with van der Waals surface area (Å²) in [5, 5.41) is 2.85. The highest BCUT2D eigenvalue weighted by molar-refractivity contribution is 5.77. The molecule has 3 nitrogen and oxygen atoms in total. The van der Waals surface area contributed by atoms with Crippen molar-refractivity contribution in [1.29, 1.82) is 0 Å². The largest absolute Gasteiger partial charge is 0.483 e. The van der Waals surface area contributed by atoms with Crippen LogP contribution in [0.4, 0.5) is 0 Å². The molecule has 100 valence electrons. The van der Waals surface area contributed by atoms with Gasteiger partial charge in [0.25, 0.3) is 5.91 Å². The van der Waals surface area contributed by atoms with Crippen LogP contribution in [0.1, 0.15) is 31.4 Å². The molecule has 0 atom stereocenters. The standard InChI is InChI=1S/C15H23NO2/c1-11(2)7-8-16-15(17)10-18-14-9-12(3)5-6-13(14)4/h5-6,9,11H,7-8,10H2,1-4H3,(H,16,17). The first-order valence-electron chi connectivity index (χ1n) is 6.46. The Labute approximate surface area is 110 Å². The van der Waals surface area contributed by atoms with Gasteiger partial charge in [-0.15, -0.1) is 0 Å². The highest BCUT2D eigenvalue weighted by atomic mass is 16.5. The van der Waals surface area contributed by atoms with Crippen molar-refractivity contribution >= 4 is 5.91 Å². The highest BCUT2D eigenvalue weighted by Gasteiger charge is 2.05. The lowest BCUT2D eigenvalue weighted by Gasteiger charge is -2.11. The van der Waals surface area contributed by atoms with Crippen LogP contribution in [-0.4, -0.2) is 19.1 Å². The third-order valence-corrected chi connectivity index (χ3v) is 2.75. The van der Waals surface area contributed by atoms with Gasteiger partial charge in [-0.3, -0.25) is 4.79 Å². The predicted molar refractivity (Wildman–Crippen MR) is 73.9 cm³/mol. The quantitative estimate of drug-likeness (QED) is 0.842. The van der Waals surface area contributed by atoms with Gasteiger partial charge in [0.15, 0.2) is 6.61 Å². The van der Waals surface area contributed by atoms with Gasteiger partial charge in [-0.1, -0.05) is 26.0 Å². The summed E-state index contributed by atoms with van der Waals surface area (Å²) in [7, 11) is 0. The third kappa shape index (κ3) is 5.21. The van der Waals surface area contributed by atoms with Crippen LogP contribution in [0, 0.1) is 19.8 Å². The van der Waals surface area contributed by atoms with Crippen molar-refractivity contribution in [3.63, 3.8) is 0 Å².